The number of carbonyl (C=O) groups is 3. The summed E-state index contributed by atoms with van der Waals surface area (Å²) in [4.78, 5) is 67.2. The predicted molar refractivity (Wildman–Crippen MR) is 242 cm³/mol. The molecule has 64 heavy (non-hydrogen) atoms. The minimum Gasteiger partial charge on any atom is -0.372 e. The molecule has 4 amide bonds. The molecular formula is C47H53FN12O4. The predicted octanol–water partition coefficient (Wildman–Crippen LogP) is 6.87. The molecule has 1 unspecified atom stereocenters. The van der Waals surface area contributed by atoms with Gasteiger partial charge in [0.05, 0.1) is 11.7 Å². The molecule has 3 aliphatic heterocycles. The van der Waals surface area contributed by atoms with Crippen LogP contribution in [0, 0.1) is 11.7 Å². The molecule has 6 aromatic rings. The lowest BCUT2D eigenvalue weighted by Gasteiger charge is -2.43. The number of piperidine rings is 1. The van der Waals surface area contributed by atoms with E-state index >= 15 is 4.39 Å². The molecule has 17 heteroatoms. The molecule has 0 bridgehead atoms. The minimum atomic E-state index is -0.660. The Bertz CT molecular complexity index is 2670. The number of anilines is 3. The smallest absolute Gasteiger partial charge is 0.328 e. The molecule has 16 nitrogen and oxygen atoms in total. The molecule has 9 rings (SSSR count). The fraction of sp³-hybridized carbons (Fsp3) is 0.404. The Hall–Kier alpha value is -6.75. The number of hydrogen-bond donors (Lipinski definition) is 3. The van der Waals surface area contributed by atoms with Gasteiger partial charge in [-0.3, -0.25) is 24.7 Å². The molecule has 3 aliphatic rings. The van der Waals surface area contributed by atoms with E-state index in [0.29, 0.717) is 53.3 Å². The van der Waals surface area contributed by atoms with Gasteiger partial charge in [0, 0.05) is 109 Å². The van der Waals surface area contributed by atoms with Crippen LogP contribution in [-0.2, 0) is 10.2 Å². The molecule has 0 radical (unpaired) electrons. The van der Waals surface area contributed by atoms with Crippen LogP contribution < -0.4 is 25.3 Å². The Balaban J connectivity index is 0.782. The highest BCUT2D eigenvalue weighted by Crippen LogP contribution is 2.33. The summed E-state index contributed by atoms with van der Waals surface area (Å²) in [5.41, 5.74) is 5.36. The van der Waals surface area contributed by atoms with Crippen molar-refractivity contribution in [2.45, 2.75) is 71.4 Å². The summed E-state index contributed by atoms with van der Waals surface area (Å²) < 4.78 is 20.9. The van der Waals surface area contributed by atoms with Crippen molar-refractivity contribution in [1.82, 2.24) is 45.6 Å². The average molecular weight is 869 g/mol. The number of piperazine rings is 1. The highest BCUT2D eigenvalue weighted by Gasteiger charge is 2.30. The lowest BCUT2D eigenvalue weighted by molar-refractivity contribution is -0.120. The van der Waals surface area contributed by atoms with Gasteiger partial charge in [-0.05, 0) is 81.1 Å². The first kappa shape index (κ1) is 42.5. The van der Waals surface area contributed by atoms with Crippen LogP contribution in [0.25, 0.3) is 33.5 Å². The van der Waals surface area contributed by atoms with Crippen molar-refractivity contribution in [3.05, 3.63) is 96.3 Å². The quantitative estimate of drug-likeness (QED) is 0.130. The molecule has 2 atom stereocenters. The molecule has 0 aliphatic carbocycles. The molecule has 3 saturated heterocycles. The second-order valence-corrected chi connectivity index (χ2v) is 18.2. The molecule has 4 aromatic heterocycles. The second kappa shape index (κ2) is 17.4. The molecular weight excluding hydrogens is 816 g/mol. The highest BCUT2D eigenvalue weighted by atomic mass is 19.1. The largest absolute Gasteiger partial charge is 0.372 e. The number of nitrogens with one attached hydrogen (secondary N) is 3. The number of hydrogen-bond acceptors (Lipinski definition) is 12. The maximum Gasteiger partial charge on any atom is 0.328 e. The number of rotatable bonds is 10. The van der Waals surface area contributed by atoms with Gasteiger partial charge in [0.15, 0.2) is 0 Å². The average Bonchev–Trinajstić information content (AvgIpc) is 3.97. The summed E-state index contributed by atoms with van der Waals surface area (Å²) in [6.07, 6.45) is 5.91. The molecule has 0 saturated carbocycles. The number of aromatic nitrogens is 6. The van der Waals surface area contributed by atoms with Crippen molar-refractivity contribution in [3.63, 3.8) is 0 Å². The number of halogens is 1. The number of H-pyrrole nitrogens is 1. The number of carbonyl (C=O) groups excluding carboxylic acids is 3. The number of pyridine rings is 1. The van der Waals surface area contributed by atoms with Crippen LogP contribution in [0.4, 0.5) is 26.4 Å². The van der Waals surface area contributed by atoms with E-state index in [2.05, 4.69) is 81.6 Å². The van der Waals surface area contributed by atoms with Gasteiger partial charge >= 0.3 is 6.03 Å². The number of amides is 4. The number of aromatic amines is 1. The maximum atomic E-state index is 15.7. The Morgan fingerprint density at radius 2 is 1.70 bits per heavy atom. The third kappa shape index (κ3) is 8.89. The van der Waals surface area contributed by atoms with E-state index in [1.165, 1.54) is 12.4 Å². The summed E-state index contributed by atoms with van der Waals surface area (Å²) in [6, 6.07) is 18.3. The van der Waals surface area contributed by atoms with E-state index in [4.69, 9.17) is 9.51 Å². The van der Waals surface area contributed by atoms with Gasteiger partial charge < -0.3 is 24.6 Å². The van der Waals surface area contributed by atoms with Crippen LogP contribution in [0.5, 0.6) is 0 Å². The first-order chi connectivity index (χ1) is 30.8. The van der Waals surface area contributed by atoms with Crippen molar-refractivity contribution in [2.75, 3.05) is 60.5 Å². The summed E-state index contributed by atoms with van der Waals surface area (Å²) in [5, 5.41) is 9.70. The molecule has 0 spiro atoms. The molecule has 3 fully saturated rings. The van der Waals surface area contributed by atoms with Crippen molar-refractivity contribution in [2.24, 2.45) is 5.92 Å². The summed E-state index contributed by atoms with van der Waals surface area (Å²) in [6.45, 7) is 16.0. The van der Waals surface area contributed by atoms with Gasteiger partial charge in [0.25, 0.3) is 11.7 Å². The van der Waals surface area contributed by atoms with E-state index in [0.717, 1.165) is 85.9 Å². The van der Waals surface area contributed by atoms with E-state index in [1.807, 2.05) is 45.2 Å². The number of urea groups is 1. The Labute approximate surface area is 370 Å². The molecule has 332 valence electrons. The van der Waals surface area contributed by atoms with Gasteiger partial charge in [-0.1, -0.05) is 38.1 Å². The van der Waals surface area contributed by atoms with Crippen LogP contribution in [0.2, 0.25) is 0 Å². The Morgan fingerprint density at radius 1 is 0.938 bits per heavy atom. The van der Waals surface area contributed by atoms with E-state index in [-0.39, 0.29) is 17.8 Å². The third-order valence-corrected chi connectivity index (χ3v) is 12.6. The number of imide groups is 1. The van der Waals surface area contributed by atoms with Gasteiger partial charge in [-0.15, -0.1) is 0 Å². The normalized spacial score (nSPS) is 18.4. The van der Waals surface area contributed by atoms with Gasteiger partial charge in [-0.25, -0.2) is 24.1 Å². The van der Waals surface area contributed by atoms with Crippen LogP contribution in [0.15, 0.2) is 77.7 Å². The van der Waals surface area contributed by atoms with E-state index in [1.54, 1.807) is 24.0 Å². The monoisotopic (exact) mass is 868 g/mol. The summed E-state index contributed by atoms with van der Waals surface area (Å²) >= 11 is 0. The van der Waals surface area contributed by atoms with E-state index in [9.17, 15) is 14.4 Å². The second-order valence-electron chi connectivity index (χ2n) is 18.2. The fourth-order valence-corrected chi connectivity index (χ4v) is 8.96. The third-order valence-electron chi connectivity index (χ3n) is 12.6. The number of nitrogens with zero attached hydrogens (tertiary/aromatic N) is 9. The van der Waals surface area contributed by atoms with Crippen LogP contribution in [0.1, 0.15) is 82.0 Å². The zero-order valence-corrected chi connectivity index (χ0v) is 36.8. The lowest BCUT2D eigenvalue weighted by Crippen LogP contribution is -2.53. The van der Waals surface area contributed by atoms with Gasteiger partial charge in [0.2, 0.25) is 11.8 Å². The Morgan fingerprint density at radius 3 is 2.39 bits per heavy atom. The SMILES string of the molecule is CC1CN(CC2CCN(c3ccc(N4CCC(=O)NC4=O)cc3)CC2)CCN1c1ccc(-c2cc3c(-c4ccc([C@@H](C)NC(=O)c5noc(C(C)(C)C)n5)c(F)c4)ncnc3[nH]2)cn1. The minimum absolute atomic E-state index is 0.103. The zero-order chi connectivity index (χ0) is 44.7. The Kier molecular flexibility index (Phi) is 11.6. The van der Waals surface area contributed by atoms with E-state index < -0.39 is 23.2 Å². The first-order valence-corrected chi connectivity index (χ1v) is 22.0. The van der Waals surface area contributed by atoms with Gasteiger partial charge in [-0.2, -0.15) is 4.98 Å². The number of benzene rings is 2. The summed E-state index contributed by atoms with van der Waals surface area (Å²) in [7, 11) is 0. The molecule has 3 N–H and O–H groups in total. The first-order valence-electron chi connectivity index (χ1n) is 22.0. The van der Waals surface area contributed by atoms with Gasteiger partial charge in [0.1, 0.15) is 23.6 Å². The van der Waals surface area contributed by atoms with Crippen LogP contribution >= 0.6 is 0 Å². The molecule has 2 aromatic carbocycles. The standard InChI is InChI=1S/C47H53FN12O4/c1-28-25-57(26-30-14-17-58(18-15-30)33-8-10-34(11-9-33)60-19-16-40(61)54-46(60)63)20-21-59(28)39-13-7-32(24-49-39)38-23-36-41(50-27-51-42(36)53-38)31-6-12-35(37(48)22-31)29(2)52-44(62)43-55-45(64-56-43)47(3,4)5/h6-13,22-24,27-30H,14-21,25-26H2,1-5H3,(H,52,62)(H,50,51,53)(H,54,61,63)/t28?,29-/m1/s1. The topological polar surface area (TPSA) is 182 Å². The van der Waals surface area contributed by atoms with Crippen LogP contribution in [-0.4, -0.2) is 105 Å². The summed E-state index contributed by atoms with van der Waals surface area (Å²) in [5.74, 6) is 0.544. The number of fused-ring (bicyclic) bond motifs is 1. The zero-order valence-electron chi connectivity index (χ0n) is 36.8. The lowest BCUT2D eigenvalue weighted by atomic mass is 9.95. The maximum absolute atomic E-state index is 15.7. The highest BCUT2D eigenvalue weighted by molar-refractivity contribution is 6.05. The van der Waals surface area contributed by atoms with Crippen molar-refractivity contribution < 1.29 is 23.3 Å². The fourth-order valence-electron chi connectivity index (χ4n) is 8.96. The molecule has 7 heterocycles. The van der Waals surface area contributed by atoms with Crippen molar-refractivity contribution in [3.8, 4) is 22.5 Å². The van der Waals surface area contributed by atoms with Crippen molar-refractivity contribution in [1.29, 1.82) is 0 Å². The van der Waals surface area contributed by atoms with Crippen molar-refractivity contribution >= 4 is 46.1 Å². The van der Waals surface area contributed by atoms with Crippen LogP contribution in [0.3, 0.4) is 0 Å².